The molecule has 0 aliphatic carbocycles. The Bertz CT molecular complexity index is 185. The Morgan fingerprint density at radius 2 is 2.12 bits per heavy atom. The Hall–Kier alpha value is -0.120. The van der Waals surface area contributed by atoms with Crippen molar-refractivity contribution in [2.45, 2.75) is 71.3 Å². The molecule has 1 saturated heterocycles. The molecular weight excluding hydrogens is 202 g/mol. The van der Waals surface area contributed by atoms with Gasteiger partial charge in [-0.25, -0.2) is 0 Å². The lowest BCUT2D eigenvalue weighted by molar-refractivity contribution is -0.0115. The van der Waals surface area contributed by atoms with Gasteiger partial charge in [-0.3, -0.25) is 0 Å². The standard InChI is InChI=1S/C13H27NO2/c1-5-8-14-12(9-15-10(2)3)13-7-6-11(4)16-13/h10-14H,5-9H2,1-4H3. The Kier molecular flexibility index (Phi) is 6.32. The maximum absolute atomic E-state index is 5.91. The van der Waals surface area contributed by atoms with Gasteiger partial charge in [-0.1, -0.05) is 6.92 Å². The zero-order valence-electron chi connectivity index (χ0n) is 11.2. The minimum atomic E-state index is 0.296. The van der Waals surface area contributed by atoms with E-state index in [1.165, 1.54) is 6.42 Å². The second kappa shape index (κ2) is 7.25. The van der Waals surface area contributed by atoms with Crippen molar-refractivity contribution in [1.82, 2.24) is 5.32 Å². The summed E-state index contributed by atoms with van der Waals surface area (Å²) in [6, 6.07) is 0.354. The molecule has 0 aromatic carbocycles. The lowest BCUT2D eigenvalue weighted by Crippen LogP contribution is -2.44. The van der Waals surface area contributed by atoms with E-state index in [0.717, 1.165) is 26.0 Å². The van der Waals surface area contributed by atoms with Crippen molar-refractivity contribution < 1.29 is 9.47 Å². The first-order valence-corrected chi connectivity index (χ1v) is 6.64. The van der Waals surface area contributed by atoms with Crippen molar-refractivity contribution in [3.05, 3.63) is 0 Å². The largest absolute Gasteiger partial charge is 0.377 e. The molecule has 0 radical (unpaired) electrons. The van der Waals surface area contributed by atoms with Gasteiger partial charge >= 0.3 is 0 Å². The fraction of sp³-hybridized carbons (Fsp3) is 1.00. The number of nitrogens with one attached hydrogen (secondary N) is 1. The molecule has 1 aliphatic rings. The molecule has 96 valence electrons. The molecule has 1 fully saturated rings. The molecular formula is C13H27NO2. The van der Waals surface area contributed by atoms with Gasteiger partial charge in [0.15, 0.2) is 0 Å². The van der Waals surface area contributed by atoms with Crippen LogP contribution in [0.3, 0.4) is 0 Å². The van der Waals surface area contributed by atoms with E-state index in [4.69, 9.17) is 9.47 Å². The molecule has 16 heavy (non-hydrogen) atoms. The summed E-state index contributed by atoms with van der Waals surface area (Å²) in [4.78, 5) is 0. The highest BCUT2D eigenvalue weighted by Gasteiger charge is 2.29. The van der Waals surface area contributed by atoms with Crippen LogP contribution in [0.5, 0.6) is 0 Å². The summed E-state index contributed by atoms with van der Waals surface area (Å²) >= 11 is 0. The molecule has 1 N–H and O–H groups in total. The van der Waals surface area contributed by atoms with Gasteiger partial charge in [0.1, 0.15) is 0 Å². The van der Waals surface area contributed by atoms with E-state index >= 15 is 0 Å². The lowest BCUT2D eigenvalue weighted by atomic mass is 10.1. The maximum atomic E-state index is 5.91. The van der Waals surface area contributed by atoms with Gasteiger partial charge in [-0.05, 0) is 46.6 Å². The summed E-state index contributed by atoms with van der Waals surface area (Å²) in [5, 5.41) is 3.54. The zero-order valence-corrected chi connectivity index (χ0v) is 11.2. The van der Waals surface area contributed by atoms with Crippen molar-refractivity contribution in [1.29, 1.82) is 0 Å². The first-order chi connectivity index (χ1) is 7.63. The first kappa shape index (κ1) is 13.9. The quantitative estimate of drug-likeness (QED) is 0.727. The van der Waals surface area contributed by atoms with Gasteiger partial charge in [-0.2, -0.15) is 0 Å². The monoisotopic (exact) mass is 229 g/mol. The van der Waals surface area contributed by atoms with Gasteiger partial charge in [0.25, 0.3) is 0 Å². The van der Waals surface area contributed by atoms with Gasteiger partial charge < -0.3 is 14.8 Å². The van der Waals surface area contributed by atoms with Gasteiger partial charge in [0, 0.05) is 0 Å². The summed E-state index contributed by atoms with van der Waals surface area (Å²) in [5.41, 5.74) is 0. The van der Waals surface area contributed by atoms with Crippen LogP contribution in [-0.4, -0.2) is 37.5 Å². The van der Waals surface area contributed by atoms with Crippen LogP contribution < -0.4 is 5.32 Å². The molecule has 0 saturated carbocycles. The van der Waals surface area contributed by atoms with Crippen molar-refractivity contribution in [3.63, 3.8) is 0 Å². The highest BCUT2D eigenvalue weighted by molar-refractivity contribution is 4.82. The number of rotatable bonds is 7. The maximum Gasteiger partial charge on any atom is 0.0755 e. The second-order valence-electron chi connectivity index (χ2n) is 5.01. The summed E-state index contributed by atoms with van der Waals surface area (Å²) < 4.78 is 11.6. The number of hydrogen-bond donors (Lipinski definition) is 1. The van der Waals surface area contributed by atoms with Crippen LogP contribution in [0.1, 0.15) is 47.0 Å². The summed E-state index contributed by atoms with van der Waals surface area (Å²) in [6.45, 7) is 10.3. The van der Waals surface area contributed by atoms with Crippen LogP contribution >= 0.6 is 0 Å². The third kappa shape index (κ3) is 4.81. The van der Waals surface area contributed by atoms with Crippen molar-refractivity contribution in [2.75, 3.05) is 13.2 Å². The molecule has 1 aliphatic heterocycles. The van der Waals surface area contributed by atoms with Crippen LogP contribution in [0.2, 0.25) is 0 Å². The van der Waals surface area contributed by atoms with Crippen LogP contribution in [0, 0.1) is 0 Å². The van der Waals surface area contributed by atoms with E-state index in [-0.39, 0.29) is 0 Å². The molecule has 0 amide bonds. The minimum Gasteiger partial charge on any atom is -0.377 e. The lowest BCUT2D eigenvalue weighted by Gasteiger charge is -2.25. The van der Waals surface area contributed by atoms with E-state index < -0.39 is 0 Å². The SMILES string of the molecule is CCCNC(COC(C)C)C1CCC(C)O1. The molecule has 1 rings (SSSR count). The van der Waals surface area contributed by atoms with Crippen molar-refractivity contribution >= 4 is 0 Å². The average Bonchev–Trinajstić information content (AvgIpc) is 2.64. The number of hydrogen-bond acceptors (Lipinski definition) is 3. The number of ether oxygens (including phenoxy) is 2. The van der Waals surface area contributed by atoms with Gasteiger partial charge in [0.2, 0.25) is 0 Å². The van der Waals surface area contributed by atoms with E-state index in [9.17, 15) is 0 Å². The molecule has 0 bridgehead atoms. The predicted octanol–water partition coefficient (Wildman–Crippen LogP) is 2.35. The summed E-state index contributed by atoms with van der Waals surface area (Å²) in [7, 11) is 0. The van der Waals surface area contributed by atoms with Crippen LogP contribution in [0.4, 0.5) is 0 Å². The van der Waals surface area contributed by atoms with Crippen LogP contribution in [0.25, 0.3) is 0 Å². The summed E-state index contributed by atoms with van der Waals surface area (Å²) in [6.07, 6.45) is 4.53. The smallest absolute Gasteiger partial charge is 0.0755 e. The van der Waals surface area contributed by atoms with E-state index in [2.05, 4.69) is 33.0 Å². The topological polar surface area (TPSA) is 30.5 Å². The fourth-order valence-corrected chi connectivity index (χ4v) is 2.05. The Labute approximate surface area is 99.9 Å². The summed E-state index contributed by atoms with van der Waals surface area (Å²) in [5.74, 6) is 0. The third-order valence-electron chi connectivity index (χ3n) is 2.98. The minimum absolute atomic E-state index is 0.296. The molecule has 3 heteroatoms. The normalized spacial score (nSPS) is 27.6. The van der Waals surface area contributed by atoms with Crippen molar-refractivity contribution in [3.8, 4) is 0 Å². The molecule has 0 aromatic rings. The second-order valence-corrected chi connectivity index (χ2v) is 5.01. The molecule has 3 nitrogen and oxygen atoms in total. The molecule has 3 atom stereocenters. The Balaban J connectivity index is 2.36. The zero-order chi connectivity index (χ0) is 12.0. The van der Waals surface area contributed by atoms with E-state index in [1.54, 1.807) is 0 Å². The van der Waals surface area contributed by atoms with Crippen molar-refractivity contribution in [2.24, 2.45) is 0 Å². The van der Waals surface area contributed by atoms with Crippen LogP contribution in [0.15, 0.2) is 0 Å². The highest BCUT2D eigenvalue weighted by Crippen LogP contribution is 2.22. The Morgan fingerprint density at radius 1 is 1.38 bits per heavy atom. The van der Waals surface area contributed by atoms with E-state index in [1.807, 2.05) is 0 Å². The molecule has 0 spiro atoms. The van der Waals surface area contributed by atoms with Gasteiger partial charge in [0.05, 0.1) is 31.0 Å². The molecule has 1 heterocycles. The first-order valence-electron chi connectivity index (χ1n) is 6.64. The van der Waals surface area contributed by atoms with Gasteiger partial charge in [-0.15, -0.1) is 0 Å². The predicted molar refractivity (Wildman–Crippen MR) is 66.7 cm³/mol. The average molecular weight is 229 g/mol. The van der Waals surface area contributed by atoms with Crippen LogP contribution in [-0.2, 0) is 9.47 Å². The molecule has 0 aromatic heterocycles. The van der Waals surface area contributed by atoms with E-state index in [0.29, 0.717) is 24.4 Å². The highest BCUT2D eigenvalue weighted by atomic mass is 16.5. The third-order valence-corrected chi connectivity index (χ3v) is 2.98. The molecule has 3 unspecified atom stereocenters. The Morgan fingerprint density at radius 3 is 2.62 bits per heavy atom. The fourth-order valence-electron chi connectivity index (χ4n) is 2.05.